The van der Waals surface area contributed by atoms with E-state index >= 15 is 0 Å². The Balaban J connectivity index is 2.20. The molecule has 2 heterocycles. The first kappa shape index (κ1) is 9.62. The summed E-state index contributed by atoms with van der Waals surface area (Å²) < 4.78 is 0. The molecule has 3 heteroatoms. The summed E-state index contributed by atoms with van der Waals surface area (Å²) in [6, 6.07) is 3.84. The summed E-state index contributed by atoms with van der Waals surface area (Å²) in [7, 11) is 0. The Morgan fingerprint density at radius 2 is 2.50 bits per heavy atom. The number of aliphatic hydroxyl groups is 1. The van der Waals surface area contributed by atoms with Crippen molar-refractivity contribution in [3.8, 4) is 0 Å². The Kier molecular flexibility index (Phi) is 3.11. The quantitative estimate of drug-likeness (QED) is 0.736. The molecule has 1 aliphatic heterocycles. The van der Waals surface area contributed by atoms with Crippen molar-refractivity contribution in [2.24, 2.45) is 0 Å². The van der Waals surface area contributed by atoms with Gasteiger partial charge in [0, 0.05) is 18.7 Å². The molecule has 1 unspecified atom stereocenters. The Labute approximate surface area is 84.2 Å². The highest BCUT2D eigenvalue weighted by Crippen LogP contribution is 2.24. The van der Waals surface area contributed by atoms with Gasteiger partial charge in [-0.2, -0.15) is 0 Å². The zero-order valence-electron chi connectivity index (χ0n) is 8.24. The number of pyridine rings is 1. The first-order valence-corrected chi connectivity index (χ1v) is 5.17. The van der Waals surface area contributed by atoms with Crippen LogP contribution < -0.4 is 5.32 Å². The number of piperidine rings is 1. The summed E-state index contributed by atoms with van der Waals surface area (Å²) >= 11 is 0. The highest BCUT2D eigenvalue weighted by Gasteiger charge is 2.18. The van der Waals surface area contributed by atoms with Gasteiger partial charge in [-0.1, -0.05) is 6.07 Å². The number of aromatic nitrogens is 1. The van der Waals surface area contributed by atoms with Crippen molar-refractivity contribution < 1.29 is 5.11 Å². The number of hydrogen-bond acceptors (Lipinski definition) is 3. The van der Waals surface area contributed by atoms with Gasteiger partial charge in [-0.05, 0) is 31.0 Å². The van der Waals surface area contributed by atoms with Crippen LogP contribution in [0.15, 0.2) is 18.3 Å². The van der Waals surface area contributed by atoms with Gasteiger partial charge in [0.1, 0.15) is 0 Å². The smallest absolute Gasteiger partial charge is 0.0699 e. The Hall–Kier alpha value is -0.930. The highest BCUT2D eigenvalue weighted by molar-refractivity contribution is 5.23. The van der Waals surface area contributed by atoms with Gasteiger partial charge in [0.25, 0.3) is 0 Å². The molecular weight excluding hydrogens is 176 g/mol. The average molecular weight is 192 g/mol. The molecule has 2 rings (SSSR count). The van der Waals surface area contributed by atoms with Crippen molar-refractivity contribution >= 4 is 0 Å². The molecule has 1 atom stereocenters. The highest BCUT2D eigenvalue weighted by atomic mass is 16.3. The Morgan fingerprint density at radius 3 is 3.21 bits per heavy atom. The Morgan fingerprint density at radius 1 is 1.57 bits per heavy atom. The number of rotatable bonds is 2. The molecule has 1 saturated heterocycles. The van der Waals surface area contributed by atoms with Crippen LogP contribution in [0.3, 0.4) is 0 Å². The van der Waals surface area contributed by atoms with Gasteiger partial charge in [-0.15, -0.1) is 0 Å². The molecule has 1 fully saturated rings. The fraction of sp³-hybridized carbons (Fsp3) is 0.545. The minimum atomic E-state index is 0.0969. The van der Waals surface area contributed by atoms with E-state index in [1.807, 2.05) is 18.3 Å². The van der Waals surface area contributed by atoms with Crippen LogP contribution in [0.4, 0.5) is 0 Å². The molecule has 2 N–H and O–H groups in total. The molecule has 0 spiro atoms. The second-order valence-electron chi connectivity index (χ2n) is 3.75. The van der Waals surface area contributed by atoms with Crippen molar-refractivity contribution in [3.63, 3.8) is 0 Å². The lowest BCUT2D eigenvalue weighted by molar-refractivity contribution is 0.278. The molecule has 14 heavy (non-hydrogen) atoms. The SMILES string of the molecule is OCc1cccnc1C1CCCNC1. The van der Waals surface area contributed by atoms with Crippen molar-refractivity contribution in [3.05, 3.63) is 29.6 Å². The lowest BCUT2D eigenvalue weighted by atomic mass is 9.93. The number of aliphatic hydroxyl groups excluding tert-OH is 1. The van der Waals surface area contributed by atoms with E-state index in [2.05, 4.69) is 10.3 Å². The molecule has 0 saturated carbocycles. The topological polar surface area (TPSA) is 45.2 Å². The van der Waals surface area contributed by atoms with Gasteiger partial charge in [0.05, 0.1) is 12.3 Å². The monoisotopic (exact) mass is 192 g/mol. The summed E-state index contributed by atoms with van der Waals surface area (Å²) in [6.45, 7) is 2.20. The molecule has 0 radical (unpaired) electrons. The summed E-state index contributed by atoms with van der Waals surface area (Å²) in [5.74, 6) is 0.479. The van der Waals surface area contributed by atoms with E-state index < -0.39 is 0 Å². The maximum absolute atomic E-state index is 9.19. The van der Waals surface area contributed by atoms with Crippen LogP contribution in [-0.4, -0.2) is 23.2 Å². The second-order valence-corrected chi connectivity index (χ2v) is 3.75. The van der Waals surface area contributed by atoms with Gasteiger partial charge in [0.2, 0.25) is 0 Å². The van der Waals surface area contributed by atoms with Crippen LogP contribution in [-0.2, 0) is 6.61 Å². The number of nitrogens with zero attached hydrogens (tertiary/aromatic N) is 1. The third-order valence-corrected chi connectivity index (χ3v) is 2.78. The van der Waals surface area contributed by atoms with Crippen LogP contribution in [0, 0.1) is 0 Å². The molecule has 0 bridgehead atoms. The van der Waals surface area contributed by atoms with E-state index in [1.54, 1.807) is 0 Å². The van der Waals surface area contributed by atoms with Gasteiger partial charge < -0.3 is 10.4 Å². The van der Waals surface area contributed by atoms with Crippen LogP contribution in [0.1, 0.15) is 30.0 Å². The first-order chi connectivity index (χ1) is 6.92. The van der Waals surface area contributed by atoms with E-state index in [4.69, 9.17) is 0 Å². The third-order valence-electron chi connectivity index (χ3n) is 2.78. The Bertz CT molecular complexity index is 295. The van der Waals surface area contributed by atoms with E-state index in [0.29, 0.717) is 5.92 Å². The van der Waals surface area contributed by atoms with Gasteiger partial charge in [-0.3, -0.25) is 4.98 Å². The first-order valence-electron chi connectivity index (χ1n) is 5.17. The molecular formula is C11H16N2O. The van der Waals surface area contributed by atoms with Crippen LogP contribution in [0.25, 0.3) is 0 Å². The minimum absolute atomic E-state index is 0.0969. The largest absolute Gasteiger partial charge is 0.392 e. The fourth-order valence-corrected chi connectivity index (χ4v) is 2.04. The predicted molar refractivity (Wildman–Crippen MR) is 55.0 cm³/mol. The molecule has 1 aromatic rings. The minimum Gasteiger partial charge on any atom is -0.392 e. The van der Waals surface area contributed by atoms with Crippen molar-refractivity contribution in [2.75, 3.05) is 13.1 Å². The standard InChI is InChI=1S/C11H16N2O/c14-8-10-4-2-6-13-11(10)9-3-1-5-12-7-9/h2,4,6,9,12,14H,1,3,5,7-8H2. The zero-order valence-corrected chi connectivity index (χ0v) is 8.24. The van der Waals surface area contributed by atoms with E-state index in [9.17, 15) is 5.11 Å². The molecule has 0 aliphatic carbocycles. The predicted octanol–water partition coefficient (Wildman–Crippen LogP) is 1.04. The van der Waals surface area contributed by atoms with Gasteiger partial charge in [-0.25, -0.2) is 0 Å². The molecule has 1 aromatic heterocycles. The molecule has 3 nitrogen and oxygen atoms in total. The van der Waals surface area contributed by atoms with Crippen LogP contribution in [0.2, 0.25) is 0 Å². The van der Waals surface area contributed by atoms with E-state index in [-0.39, 0.29) is 6.61 Å². The normalized spacial score (nSPS) is 22.2. The summed E-state index contributed by atoms with van der Waals surface area (Å²) in [4.78, 5) is 4.37. The maximum atomic E-state index is 9.19. The third kappa shape index (κ3) is 1.94. The lowest BCUT2D eigenvalue weighted by Gasteiger charge is -2.23. The van der Waals surface area contributed by atoms with Crippen LogP contribution in [0.5, 0.6) is 0 Å². The average Bonchev–Trinajstić information content (AvgIpc) is 2.30. The molecule has 76 valence electrons. The van der Waals surface area contributed by atoms with Crippen LogP contribution >= 0.6 is 0 Å². The summed E-state index contributed by atoms with van der Waals surface area (Å²) in [5, 5.41) is 12.6. The number of nitrogens with one attached hydrogen (secondary N) is 1. The van der Waals surface area contributed by atoms with E-state index in [0.717, 1.165) is 24.3 Å². The molecule has 1 aliphatic rings. The second kappa shape index (κ2) is 4.53. The number of hydrogen-bond donors (Lipinski definition) is 2. The van der Waals surface area contributed by atoms with E-state index in [1.165, 1.54) is 12.8 Å². The fourth-order valence-electron chi connectivity index (χ4n) is 2.04. The van der Waals surface area contributed by atoms with Gasteiger partial charge >= 0.3 is 0 Å². The lowest BCUT2D eigenvalue weighted by Crippen LogP contribution is -2.29. The zero-order chi connectivity index (χ0) is 9.80. The van der Waals surface area contributed by atoms with Gasteiger partial charge in [0.15, 0.2) is 0 Å². The summed E-state index contributed by atoms with van der Waals surface area (Å²) in [6.07, 6.45) is 4.19. The molecule has 0 aromatic carbocycles. The summed E-state index contributed by atoms with van der Waals surface area (Å²) in [5.41, 5.74) is 2.04. The van der Waals surface area contributed by atoms with Crippen molar-refractivity contribution in [1.82, 2.24) is 10.3 Å². The molecule has 0 amide bonds. The van der Waals surface area contributed by atoms with Crippen molar-refractivity contribution in [1.29, 1.82) is 0 Å². The maximum Gasteiger partial charge on any atom is 0.0699 e. The van der Waals surface area contributed by atoms with Crippen molar-refractivity contribution in [2.45, 2.75) is 25.4 Å².